The second-order valence-corrected chi connectivity index (χ2v) is 8.19. The molecule has 6 nitrogen and oxygen atoms in total. The fourth-order valence-corrected chi connectivity index (χ4v) is 3.81. The van der Waals surface area contributed by atoms with Crippen LogP contribution in [-0.2, 0) is 24.0 Å². The van der Waals surface area contributed by atoms with Crippen LogP contribution >= 0.6 is 0 Å². The van der Waals surface area contributed by atoms with E-state index in [1.165, 1.54) is 19.2 Å². The van der Waals surface area contributed by atoms with Gasteiger partial charge in [-0.2, -0.15) is 13.2 Å². The molecule has 0 radical (unpaired) electrons. The van der Waals surface area contributed by atoms with Gasteiger partial charge in [0.15, 0.2) is 11.5 Å². The number of halogens is 3. The number of aromatic nitrogens is 1. The number of benzene rings is 2. The average Bonchev–Trinajstić information content (AvgIpc) is 3.37. The third-order valence-corrected chi connectivity index (χ3v) is 5.63. The Morgan fingerprint density at radius 1 is 1.09 bits per heavy atom. The molecule has 0 aliphatic carbocycles. The van der Waals surface area contributed by atoms with Crippen molar-refractivity contribution in [3.8, 4) is 11.5 Å². The molecule has 1 fully saturated rings. The standard InChI is InChI=1S/C26H25F3N2O4/c1-33-24-13-18(4-9-23(24)35-22-10-12-34-17-22)15-31(16-19-3-2-11-30-14-19)25(32)20-5-7-21(8-6-20)26(27,28)29/h2-9,11,13-14,22H,10,12,15-17H2,1H3/t22-/m0/s1. The van der Waals surface area contributed by atoms with Crippen LogP contribution in [0.2, 0.25) is 0 Å². The van der Waals surface area contributed by atoms with Crippen molar-refractivity contribution in [2.45, 2.75) is 31.8 Å². The van der Waals surface area contributed by atoms with Crippen LogP contribution in [-0.4, -0.2) is 42.2 Å². The maximum atomic E-state index is 13.3. The van der Waals surface area contributed by atoms with Crippen molar-refractivity contribution in [2.24, 2.45) is 0 Å². The first-order chi connectivity index (χ1) is 16.8. The van der Waals surface area contributed by atoms with E-state index in [1.54, 1.807) is 35.5 Å². The van der Waals surface area contributed by atoms with Crippen molar-refractivity contribution >= 4 is 5.91 Å². The minimum atomic E-state index is -4.47. The molecule has 35 heavy (non-hydrogen) atoms. The molecule has 1 atom stereocenters. The first kappa shape index (κ1) is 24.5. The fraction of sp³-hybridized carbons (Fsp3) is 0.308. The summed E-state index contributed by atoms with van der Waals surface area (Å²) in [5, 5.41) is 0. The molecule has 1 aromatic heterocycles. The molecule has 0 N–H and O–H groups in total. The molecule has 1 amide bonds. The van der Waals surface area contributed by atoms with Gasteiger partial charge in [-0.1, -0.05) is 12.1 Å². The van der Waals surface area contributed by atoms with Crippen LogP contribution < -0.4 is 9.47 Å². The van der Waals surface area contributed by atoms with Gasteiger partial charge in [-0.15, -0.1) is 0 Å². The van der Waals surface area contributed by atoms with Gasteiger partial charge < -0.3 is 19.1 Å². The summed E-state index contributed by atoms with van der Waals surface area (Å²) in [5.41, 5.74) is 0.929. The van der Waals surface area contributed by atoms with E-state index in [0.717, 1.165) is 29.7 Å². The highest BCUT2D eigenvalue weighted by Crippen LogP contribution is 2.32. The van der Waals surface area contributed by atoms with E-state index in [1.807, 2.05) is 12.1 Å². The molecule has 1 aliphatic rings. The van der Waals surface area contributed by atoms with Gasteiger partial charge in [0.1, 0.15) is 6.10 Å². The van der Waals surface area contributed by atoms with Gasteiger partial charge in [0.2, 0.25) is 0 Å². The van der Waals surface area contributed by atoms with E-state index >= 15 is 0 Å². The number of pyridine rings is 1. The molecular weight excluding hydrogens is 461 g/mol. The smallest absolute Gasteiger partial charge is 0.416 e. The van der Waals surface area contributed by atoms with Gasteiger partial charge in [-0.3, -0.25) is 9.78 Å². The Morgan fingerprint density at radius 2 is 1.86 bits per heavy atom. The van der Waals surface area contributed by atoms with Crippen molar-refractivity contribution in [1.29, 1.82) is 0 Å². The molecule has 2 aromatic carbocycles. The highest BCUT2D eigenvalue weighted by Gasteiger charge is 2.30. The molecule has 2 heterocycles. The largest absolute Gasteiger partial charge is 0.493 e. The van der Waals surface area contributed by atoms with Crippen molar-refractivity contribution < 1.29 is 32.2 Å². The summed E-state index contributed by atoms with van der Waals surface area (Å²) in [5.74, 6) is 0.710. The highest BCUT2D eigenvalue weighted by molar-refractivity contribution is 5.94. The number of hydrogen-bond donors (Lipinski definition) is 0. The van der Waals surface area contributed by atoms with E-state index < -0.39 is 17.6 Å². The highest BCUT2D eigenvalue weighted by atomic mass is 19.4. The fourth-order valence-electron chi connectivity index (χ4n) is 3.81. The summed E-state index contributed by atoms with van der Waals surface area (Å²) in [6.07, 6.45) is -0.440. The number of alkyl halides is 3. The molecule has 9 heteroatoms. The third-order valence-electron chi connectivity index (χ3n) is 5.63. The summed E-state index contributed by atoms with van der Waals surface area (Å²) in [6.45, 7) is 1.61. The second-order valence-electron chi connectivity index (χ2n) is 8.19. The average molecular weight is 486 g/mol. The van der Waals surface area contributed by atoms with Crippen LogP contribution in [0.5, 0.6) is 11.5 Å². The molecule has 3 aromatic rings. The van der Waals surface area contributed by atoms with Crippen LogP contribution in [0.1, 0.15) is 33.5 Å². The Kier molecular flexibility index (Phi) is 7.55. The van der Waals surface area contributed by atoms with Crippen LogP contribution in [0.25, 0.3) is 0 Å². The number of nitrogens with zero attached hydrogens (tertiary/aromatic N) is 2. The Bertz CT molecular complexity index is 1130. The van der Waals surface area contributed by atoms with Crippen molar-refractivity contribution in [3.63, 3.8) is 0 Å². The van der Waals surface area contributed by atoms with Crippen LogP contribution in [0.3, 0.4) is 0 Å². The normalized spacial score (nSPS) is 15.6. The number of methoxy groups -OCH3 is 1. The van der Waals surface area contributed by atoms with E-state index in [2.05, 4.69) is 4.98 Å². The van der Waals surface area contributed by atoms with E-state index in [-0.39, 0.29) is 24.8 Å². The molecule has 0 spiro atoms. The van der Waals surface area contributed by atoms with Gasteiger partial charge in [0.05, 0.1) is 25.9 Å². The molecular formula is C26H25F3N2O4. The number of hydrogen-bond acceptors (Lipinski definition) is 5. The van der Waals surface area contributed by atoms with Crippen LogP contribution in [0.4, 0.5) is 13.2 Å². The van der Waals surface area contributed by atoms with E-state index in [9.17, 15) is 18.0 Å². The predicted molar refractivity (Wildman–Crippen MR) is 122 cm³/mol. The van der Waals surface area contributed by atoms with Gasteiger partial charge in [0, 0.05) is 37.5 Å². The summed E-state index contributed by atoms with van der Waals surface area (Å²) in [6, 6.07) is 13.2. The molecule has 0 unspecified atom stereocenters. The molecule has 184 valence electrons. The lowest BCUT2D eigenvalue weighted by Crippen LogP contribution is -2.30. The van der Waals surface area contributed by atoms with Crippen LogP contribution in [0, 0.1) is 0 Å². The number of amides is 1. The molecule has 0 bridgehead atoms. The van der Waals surface area contributed by atoms with Crippen LogP contribution in [0.15, 0.2) is 67.0 Å². The maximum Gasteiger partial charge on any atom is 0.416 e. The quantitative estimate of drug-likeness (QED) is 0.442. The second kappa shape index (κ2) is 10.8. The lowest BCUT2D eigenvalue weighted by molar-refractivity contribution is -0.137. The monoisotopic (exact) mass is 486 g/mol. The summed E-state index contributed by atoms with van der Waals surface area (Å²) >= 11 is 0. The van der Waals surface area contributed by atoms with Gasteiger partial charge in [0.25, 0.3) is 5.91 Å². The lowest BCUT2D eigenvalue weighted by atomic mass is 10.1. The number of carbonyl (C=O) groups excluding carboxylic acids is 1. The zero-order valence-electron chi connectivity index (χ0n) is 19.1. The number of rotatable bonds is 8. The first-order valence-electron chi connectivity index (χ1n) is 11.1. The summed E-state index contributed by atoms with van der Waals surface area (Å²) in [7, 11) is 1.54. The van der Waals surface area contributed by atoms with E-state index in [0.29, 0.717) is 24.7 Å². The Balaban J connectivity index is 1.57. The van der Waals surface area contributed by atoms with Crippen molar-refractivity contribution in [2.75, 3.05) is 20.3 Å². The van der Waals surface area contributed by atoms with Gasteiger partial charge in [-0.25, -0.2) is 0 Å². The predicted octanol–water partition coefficient (Wildman–Crippen LogP) is 5.12. The van der Waals surface area contributed by atoms with Crippen molar-refractivity contribution in [1.82, 2.24) is 9.88 Å². The summed E-state index contributed by atoms with van der Waals surface area (Å²) < 4.78 is 55.7. The maximum absolute atomic E-state index is 13.3. The molecule has 1 aliphatic heterocycles. The Labute approximate surface area is 201 Å². The lowest BCUT2D eigenvalue weighted by Gasteiger charge is -2.24. The van der Waals surface area contributed by atoms with E-state index in [4.69, 9.17) is 14.2 Å². The third kappa shape index (κ3) is 6.30. The zero-order chi connectivity index (χ0) is 24.8. The number of carbonyl (C=O) groups is 1. The molecule has 4 rings (SSSR count). The van der Waals surface area contributed by atoms with Crippen molar-refractivity contribution in [3.05, 3.63) is 89.2 Å². The summed E-state index contributed by atoms with van der Waals surface area (Å²) in [4.78, 5) is 19.0. The Morgan fingerprint density at radius 3 is 2.49 bits per heavy atom. The minimum Gasteiger partial charge on any atom is -0.493 e. The topological polar surface area (TPSA) is 60.9 Å². The number of ether oxygens (including phenoxy) is 3. The zero-order valence-corrected chi connectivity index (χ0v) is 19.1. The van der Waals surface area contributed by atoms with Gasteiger partial charge >= 0.3 is 6.18 Å². The van der Waals surface area contributed by atoms with Gasteiger partial charge in [-0.05, 0) is 53.6 Å². The minimum absolute atomic E-state index is 0.0434. The molecule has 1 saturated heterocycles. The first-order valence-corrected chi connectivity index (χ1v) is 11.1. The SMILES string of the molecule is COc1cc(CN(Cc2cccnc2)C(=O)c2ccc(C(F)(F)F)cc2)ccc1O[C@H]1CCOC1. The molecule has 0 saturated carbocycles. The Hall–Kier alpha value is -3.59.